The van der Waals surface area contributed by atoms with Crippen LogP contribution >= 0.6 is 0 Å². The normalized spacial score (nSPS) is 47.2. The predicted molar refractivity (Wildman–Crippen MR) is 112 cm³/mol. The van der Waals surface area contributed by atoms with E-state index in [0.29, 0.717) is 34.7 Å². The molecule has 1 saturated heterocycles. The van der Waals surface area contributed by atoms with Gasteiger partial charge < -0.3 is 0 Å². The average molecular weight is 354 g/mol. The number of nitrogens with zero attached hydrogens (tertiary/aromatic N) is 1. The van der Waals surface area contributed by atoms with E-state index in [-0.39, 0.29) is 5.41 Å². The molecule has 4 rings (SSSR count). The predicted octanol–water partition coefficient (Wildman–Crippen LogP) is 6.15. The van der Waals surface area contributed by atoms with E-state index in [9.17, 15) is 0 Å². The largest absolute Gasteiger partial charge is 0.299 e. The molecule has 1 aromatic carbocycles. The van der Waals surface area contributed by atoms with Crippen LogP contribution in [-0.4, -0.2) is 24.0 Å². The van der Waals surface area contributed by atoms with Crippen LogP contribution in [0, 0.1) is 29.6 Å². The van der Waals surface area contributed by atoms with Crippen LogP contribution in [0.2, 0.25) is 0 Å². The van der Waals surface area contributed by atoms with Crippen LogP contribution in [-0.2, 0) is 5.41 Å². The SMILES string of the molecule is Cc1cccc2c1[C@]13C(C)C(C)N(C)[C@H](C2C)C1(C)CC(C)CC3(C)C. The summed E-state index contributed by atoms with van der Waals surface area (Å²) < 4.78 is 0. The Morgan fingerprint density at radius 1 is 1.00 bits per heavy atom. The Hall–Kier alpha value is -0.820. The molecular formula is C25H39N. The monoisotopic (exact) mass is 353 g/mol. The second-order valence-corrected chi connectivity index (χ2v) is 11.1. The lowest BCUT2D eigenvalue weighted by molar-refractivity contribution is -0.199. The molecule has 1 saturated carbocycles. The second kappa shape index (κ2) is 5.37. The first-order valence-corrected chi connectivity index (χ1v) is 10.8. The van der Waals surface area contributed by atoms with Gasteiger partial charge in [-0.05, 0) is 79.0 Å². The number of likely N-dealkylation sites (tertiary alicyclic amines) is 1. The van der Waals surface area contributed by atoms with Crippen LogP contribution in [0.1, 0.15) is 83.9 Å². The number of aryl methyl sites for hydroxylation is 1. The minimum Gasteiger partial charge on any atom is -0.299 e. The van der Waals surface area contributed by atoms with Crippen LogP contribution in [0.4, 0.5) is 0 Å². The molecule has 0 radical (unpaired) electrons. The fourth-order valence-corrected chi connectivity index (χ4v) is 9.20. The Bertz CT molecular complexity index is 734. The molecule has 0 amide bonds. The zero-order valence-electron chi connectivity index (χ0n) is 18.5. The van der Waals surface area contributed by atoms with Crippen LogP contribution in [0.3, 0.4) is 0 Å². The quantitative estimate of drug-likeness (QED) is 0.540. The maximum absolute atomic E-state index is 2.76. The molecule has 2 fully saturated rings. The number of hydrogen-bond acceptors (Lipinski definition) is 1. The standard InChI is InChI=1S/C25H39N/c1-15-13-23(6,7)25-18(4)19(5)26(9)22(24(25,8)14-15)17(3)20-12-10-11-16(2)21(20)25/h10-12,15,17-19,22H,13-14H2,1-9H3/t15?,17?,18?,19?,22-,24?,25+/m1/s1. The highest BCUT2D eigenvalue weighted by Crippen LogP contribution is 2.74. The van der Waals surface area contributed by atoms with Crippen molar-refractivity contribution in [1.29, 1.82) is 0 Å². The van der Waals surface area contributed by atoms with Gasteiger partial charge in [-0.25, -0.2) is 0 Å². The highest BCUT2D eigenvalue weighted by molar-refractivity contribution is 5.52. The summed E-state index contributed by atoms with van der Waals surface area (Å²) in [6.07, 6.45) is 2.71. The van der Waals surface area contributed by atoms with Gasteiger partial charge in [-0.2, -0.15) is 0 Å². The molecule has 2 bridgehead atoms. The molecule has 1 nitrogen and oxygen atoms in total. The van der Waals surface area contributed by atoms with Crippen molar-refractivity contribution in [3.05, 3.63) is 34.9 Å². The summed E-state index contributed by atoms with van der Waals surface area (Å²) in [5.41, 5.74) is 5.80. The number of hydrogen-bond donors (Lipinski definition) is 0. The first-order valence-electron chi connectivity index (χ1n) is 10.8. The lowest BCUT2D eigenvalue weighted by Crippen LogP contribution is -2.77. The van der Waals surface area contributed by atoms with E-state index in [2.05, 4.69) is 85.5 Å². The van der Waals surface area contributed by atoms with Crippen molar-refractivity contribution in [2.75, 3.05) is 7.05 Å². The summed E-state index contributed by atoms with van der Waals surface area (Å²) in [4.78, 5) is 2.76. The Kier molecular flexibility index (Phi) is 3.83. The Labute approximate surface area is 161 Å². The van der Waals surface area contributed by atoms with Gasteiger partial charge in [-0.15, -0.1) is 0 Å². The molecule has 0 spiro atoms. The van der Waals surface area contributed by atoms with Crippen LogP contribution in [0.15, 0.2) is 18.2 Å². The van der Waals surface area contributed by atoms with Crippen LogP contribution in [0.5, 0.6) is 0 Å². The Morgan fingerprint density at radius 3 is 2.31 bits per heavy atom. The fourth-order valence-electron chi connectivity index (χ4n) is 9.20. The van der Waals surface area contributed by atoms with Gasteiger partial charge in [0.25, 0.3) is 0 Å². The van der Waals surface area contributed by atoms with Gasteiger partial charge in [0.1, 0.15) is 0 Å². The number of piperidine rings is 1. The highest BCUT2D eigenvalue weighted by atomic mass is 15.2. The molecule has 1 aliphatic heterocycles. The molecule has 0 N–H and O–H groups in total. The summed E-state index contributed by atoms with van der Waals surface area (Å²) in [7, 11) is 2.41. The molecule has 144 valence electrons. The van der Waals surface area contributed by atoms with Gasteiger partial charge in [0, 0.05) is 17.5 Å². The van der Waals surface area contributed by atoms with E-state index in [0.717, 1.165) is 5.92 Å². The van der Waals surface area contributed by atoms with Gasteiger partial charge in [0.15, 0.2) is 0 Å². The summed E-state index contributed by atoms with van der Waals surface area (Å²) in [6, 6.07) is 8.38. The first kappa shape index (κ1) is 18.5. The molecule has 0 aromatic heterocycles. The topological polar surface area (TPSA) is 3.24 Å². The van der Waals surface area contributed by atoms with E-state index < -0.39 is 0 Å². The number of likely N-dealkylation sites (N-methyl/N-ethyl adjacent to an activating group) is 1. The van der Waals surface area contributed by atoms with Gasteiger partial charge in [-0.3, -0.25) is 4.90 Å². The third kappa shape index (κ3) is 1.82. The minimum absolute atomic E-state index is 0.260. The van der Waals surface area contributed by atoms with Gasteiger partial charge in [-0.1, -0.05) is 59.7 Å². The molecule has 1 heterocycles. The van der Waals surface area contributed by atoms with Crippen LogP contribution < -0.4 is 0 Å². The third-order valence-electron chi connectivity index (χ3n) is 9.40. The first-order chi connectivity index (χ1) is 12.0. The molecular weight excluding hydrogens is 314 g/mol. The lowest BCUT2D eigenvalue weighted by Gasteiger charge is -2.76. The molecule has 7 atom stereocenters. The van der Waals surface area contributed by atoms with Crippen molar-refractivity contribution >= 4 is 0 Å². The van der Waals surface area contributed by atoms with Crippen molar-refractivity contribution in [2.45, 2.75) is 91.6 Å². The molecule has 2 aliphatic carbocycles. The molecule has 26 heavy (non-hydrogen) atoms. The molecule has 1 aromatic rings. The van der Waals surface area contributed by atoms with E-state index in [1.807, 2.05) is 0 Å². The van der Waals surface area contributed by atoms with Gasteiger partial charge in [0.05, 0.1) is 0 Å². The summed E-state index contributed by atoms with van der Waals surface area (Å²) >= 11 is 0. The molecule has 5 unspecified atom stereocenters. The van der Waals surface area contributed by atoms with Gasteiger partial charge in [0.2, 0.25) is 0 Å². The highest BCUT2D eigenvalue weighted by Gasteiger charge is 2.72. The second-order valence-electron chi connectivity index (χ2n) is 11.1. The fraction of sp³-hybridized carbons (Fsp3) is 0.760. The number of fused-ring (bicyclic) bond motifs is 1. The van der Waals surface area contributed by atoms with E-state index in [1.165, 1.54) is 18.4 Å². The smallest absolute Gasteiger partial charge is 0.0224 e. The molecule has 3 aliphatic rings. The number of benzene rings is 1. The summed E-state index contributed by atoms with van der Waals surface area (Å²) in [5, 5.41) is 0. The van der Waals surface area contributed by atoms with Crippen molar-refractivity contribution in [1.82, 2.24) is 4.90 Å². The van der Waals surface area contributed by atoms with Crippen molar-refractivity contribution in [2.24, 2.45) is 22.7 Å². The zero-order valence-corrected chi connectivity index (χ0v) is 18.5. The zero-order chi connectivity index (χ0) is 19.2. The summed E-state index contributed by atoms with van der Waals surface area (Å²) in [6.45, 7) is 20.3. The number of rotatable bonds is 0. The van der Waals surface area contributed by atoms with E-state index >= 15 is 0 Å². The van der Waals surface area contributed by atoms with Crippen LogP contribution in [0.25, 0.3) is 0 Å². The van der Waals surface area contributed by atoms with Crippen molar-refractivity contribution < 1.29 is 0 Å². The maximum atomic E-state index is 2.76. The maximum Gasteiger partial charge on any atom is 0.0224 e. The van der Waals surface area contributed by atoms with E-state index in [1.54, 1.807) is 11.1 Å². The van der Waals surface area contributed by atoms with Crippen molar-refractivity contribution in [3.63, 3.8) is 0 Å². The Balaban J connectivity index is 2.17. The Morgan fingerprint density at radius 2 is 1.65 bits per heavy atom. The average Bonchev–Trinajstić information content (AvgIpc) is 2.51. The summed E-state index contributed by atoms with van der Waals surface area (Å²) in [5.74, 6) is 2.06. The lowest BCUT2D eigenvalue weighted by atomic mass is 9.32. The minimum atomic E-state index is 0.260. The molecule has 1 heteroatoms. The van der Waals surface area contributed by atoms with Crippen molar-refractivity contribution in [3.8, 4) is 0 Å². The van der Waals surface area contributed by atoms with Gasteiger partial charge >= 0.3 is 0 Å². The van der Waals surface area contributed by atoms with E-state index in [4.69, 9.17) is 0 Å². The third-order valence-corrected chi connectivity index (χ3v) is 9.40.